The molecular weight excluding hydrogens is 258 g/mol. The van der Waals surface area contributed by atoms with Crippen molar-refractivity contribution in [3.63, 3.8) is 0 Å². The molecular formula is C18H41N3. The SMILES string of the molecule is CCCCCCCCCCC(NN)C(C)(C)N(CC)CC. The molecule has 0 aromatic rings. The Balaban J connectivity index is 3.93. The van der Waals surface area contributed by atoms with Gasteiger partial charge in [-0.15, -0.1) is 0 Å². The van der Waals surface area contributed by atoms with E-state index in [-0.39, 0.29) is 5.54 Å². The molecule has 0 aromatic heterocycles. The van der Waals surface area contributed by atoms with Crippen molar-refractivity contribution in [2.75, 3.05) is 13.1 Å². The number of unbranched alkanes of at least 4 members (excludes halogenated alkanes) is 7. The van der Waals surface area contributed by atoms with Gasteiger partial charge in [0.15, 0.2) is 0 Å². The minimum absolute atomic E-state index is 0.124. The van der Waals surface area contributed by atoms with Crippen molar-refractivity contribution in [2.24, 2.45) is 5.84 Å². The van der Waals surface area contributed by atoms with Gasteiger partial charge in [0.25, 0.3) is 0 Å². The highest BCUT2D eigenvalue weighted by atomic mass is 15.3. The third kappa shape index (κ3) is 8.18. The van der Waals surface area contributed by atoms with E-state index in [9.17, 15) is 0 Å². The molecule has 1 atom stereocenters. The van der Waals surface area contributed by atoms with Gasteiger partial charge in [0.2, 0.25) is 0 Å². The van der Waals surface area contributed by atoms with Gasteiger partial charge in [0.05, 0.1) is 0 Å². The number of hydrogen-bond donors (Lipinski definition) is 2. The monoisotopic (exact) mass is 299 g/mol. The van der Waals surface area contributed by atoms with Gasteiger partial charge in [-0.2, -0.15) is 0 Å². The quantitative estimate of drug-likeness (QED) is 0.282. The lowest BCUT2D eigenvalue weighted by molar-refractivity contribution is 0.0863. The van der Waals surface area contributed by atoms with Crippen LogP contribution >= 0.6 is 0 Å². The zero-order valence-electron chi connectivity index (χ0n) is 15.4. The molecule has 1 unspecified atom stereocenters. The Morgan fingerprint density at radius 3 is 1.76 bits per heavy atom. The molecule has 0 heterocycles. The maximum atomic E-state index is 5.83. The Labute approximate surface area is 134 Å². The number of nitrogens with two attached hydrogens (primary N) is 1. The van der Waals surface area contributed by atoms with Crippen LogP contribution in [0.25, 0.3) is 0 Å². The van der Waals surface area contributed by atoms with Crippen molar-refractivity contribution < 1.29 is 0 Å². The first-order valence-electron chi connectivity index (χ1n) is 9.25. The van der Waals surface area contributed by atoms with Crippen LogP contribution in [0.5, 0.6) is 0 Å². The summed E-state index contributed by atoms with van der Waals surface area (Å²) >= 11 is 0. The molecule has 3 N–H and O–H groups in total. The molecule has 0 saturated carbocycles. The van der Waals surface area contributed by atoms with Crippen molar-refractivity contribution in [3.05, 3.63) is 0 Å². The van der Waals surface area contributed by atoms with Gasteiger partial charge in [-0.1, -0.05) is 72.1 Å². The highest BCUT2D eigenvalue weighted by molar-refractivity contribution is 4.91. The van der Waals surface area contributed by atoms with E-state index < -0.39 is 0 Å². The molecule has 0 saturated heterocycles. The molecule has 0 amide bonds. The summed E-state index contributed by atoms with van der Waals surface area (Å²) in [6.45, 7) is 13.5. The molecule has 0 spiro atoms. The van der Waals surface area contributed by atoms with E-state index in [1.54, 1.807) is 0 Å². The Kier molecular flexibility index (Phi) is 12.4. The molecule has 3 nitrogen and oxygen atoms in total. The van der Waals surface area contributed by atoms with E-state index in [1.165, 1.54) is 57.8 Å². The van der Waals surface area contributed by atoms with E-state index >= 15 is 0 Å². The van der Waals surface area contributed by atoms with Crippen LogP contribution in [0, 0.1) is 0 Å². The Bertz CT molecular complexity index is 225. The number of likely N-dealkylation sites (N-methyl/N-ethyl adjacent to an activating group) is 1. The molecule has 0 fully saturated rings. The first-order valence-corrected chi connectivity index (χ1v) is 9.25. The normalized spacial score (nSPS) is 13.9. The van der Waals surface area contributed by atoms with Crippen LogP contribution in [-0.4, -0.2) is 29.6 Å². The predicted octanol–water partition coefficient (Wildman–Crippen LogP) is 4.47. The zero-order chi connectivity index (χ0) is 16.1. The first kappa shape index (κ1) is 20.9. The van der Waals surface area contributed by atoms with Crippen LogP contribution in [0.3, 0.4) is 0 Å². The summed E-state index contributed by atoms with van der Waals surface area (Å²) < 4.78 is 0. The summed E-state index contributed by atoms with van der Waals surface area (Å²) in [6.07, 6.45) is 12.2. The van der Waals surface area contributed by atoms with Crippen molar-refractivity contribution in [1.29, 1.82) is 0 Å². The largest absolute Gasteiger partial charge is 0.297 e. The van der Waals surface area contributed by atoms with E-state index in [1.807, 2.05) is 0 Å². The molecule has 0 radical (unpaired) electrons. The third-order valence-electron chi connectivity index (χ3n) is 4.98. The highest BCUT2D eigenvalue weighted by Crippen LogP contribution is 2.22. The molecule has 128 valence electrons. The lowest BCUT2D eigenvalue weighted by atomic mass is 9.88. The Morgan fingerprint density at radius 1 is 0.857 bits per heavy atom. The summed E-state index contributed by atoms with van der Waals surface area (Å²) in [6, 6.07) is 0.373. The number of hydrazine groups is 1. The van der Waals surface area contributed by atoms with E-state index in [4.69, 9.17) is 5.84 Å². The van der Waals surface area contributed by atoms with Crippen molar-refractivity contribution in [2.45, 2.75) is 104 Å². The summed E-state index contributed by atoms with van der Waals surface area (Å²) in [7, 11) is 0. The average Bonchev–Trinajstić information content (AvgIpc) is 2.46. The second kappa shape index (κ2) is 12.4. The van der Waals surface area contributed by atoms with Crippen molar-refractivity contribution in [3.8, 4) is 0 Å². The van der Waals surface area contributed by atoms with Crippen molar-refractivity contribution in [1.82, 2.24) is 10.3 Å². The summed E-state index contributed by atoms with van der Waals surface area (Å²) in [5, 5.41) is 0. The smallest absolute Gasteiger partial charge is 0.0389 e. The van der Waals surface area contributed by atoms with Gasteiger partial charge in [0.1, 0.15) is 0 Å². The van der Waals surface area contributed by atoms with Gasteiger partial charge in [0, 0.05) is 11.6 Å². The van der Waals surface area contributed by atoms with E-state index in [2.05, 4.69) is 44.9 Å². The van der Waals surface area contributed by atoms with Gasteiger partial charge < -0.3 is 0 Å². The lowest BCUT2D eigenvalue weighted by Crippen LogP contribution is -2.59. The maximum absolute atomic E-state index is 5.83. The molecule has 0 bridgehead atoms. The third-order valence-corrected chi connectivity index (χ3v) is 4.98. The fourth-order valence-electron chi connectivity index (χ4n) is 3.38. The number of nitrogens with one attached hydrogen (secondary N) is 1. The van der Waals surface area contributed by atoms with Crippen molar-refractivity contribution >= 4 is 0 Å². The average molecular weight is 300 g/mol. The minimum atomic E-state index is 0.124. The number of rotatable bonds is 14. The molecule has 3 heteroatoms. The summed E-state index contributed by atoms with van der Waals surface area (Å²) in [5.41, 5.74) is 3.19. The maximum Gasteiger partial charge on any atom is 0.0389 e. The van der Waals surface area contributed by atoms with Gasteiger partial charge in [-0.25, -0.2) is 0 Å². The lowest BCUT2D eigenvalue weighted by Gasteiger charge is -2.43. The molecule has 0 aliphatic carbocycles. The Hall–Kier alpha value is -0.120. The van der Waals surface area contributed by atoms with Gasteiger partial charge in [-0.05, 0) is 33.4 Å². The molecule has 21 heavy (non-hydrogen) atoms. The highest BCUT2D eigenvalue weighted by Gasteiger charge is 2.32. The molecule has 0 aliphatic rings. The van der Waals surface area contributed by atoms with Crippen LogP contribution in [0.15, 0.2) is 0 Å². The van der Waals surface area contributed by atoms with E-state index in [0.29, 0.717) is 6.04 Å². The number of hydrogen-bond acceptors (Lipinski definition) is 3. The second-order valence-corrected chi connectivity index (χ2v) is 6.81. The van der Waals surface area contributed by atoms with Gasteiger partial charge >= 0.3 is 0 Å². The van der Waals surface area contributed by atoms with Crippen LogP contribution < -0.4 is 11.3 Å². The minimum Gasteiger partial charge on any atom is -0.297 e. The second-order valence-electron chi connectivity index (χ2n) is 6.81. The molecule has 0 aromatic carbocycles. The van der Waals surface area contributed by atoms with Crippen LogP contribution in [-0.2, 0) is 0 Å². The predicted molar refractivity (Wildman–Crippen MR) is 95.3 cm³/mol. The van der Waals surface area contributed by atoms with Crippen LogP contribution in [0.1, 0.15) is 92.4 Å². The molecule has 0 rings (SSSR count). The fourth-order valence-corrected chi connectivity index (χ4v) is 3.38. The zero-order valence-corrected chi connectivity index (χ0v) is 15.4. The number of nitrogens with zero attached hydrogens (tertiary/aromatic N) is 1. The molecule has 0 aliphatic heterocycles. The topological polar surface area (TPSA) is 41.3 Å². The van der Waals surface area contributed by atoms with Crippen LogP contribution in [0.2, 0.25) is 0 Å². The van der Waals surface area contributed by atoms with Gasteiger partial charge in [-0.3, -0.25) is 16.2 Å². The Morgan fingerprint density at radius 2 is 1.33 bits per heavy atom. The van der Waals surface area contributed by atoms with Crippen LogP contribution in [0.4, 0.5) is 0 Å². The summed E-state index contributed by atoms with van der Waals surface area (Å²) in [5.74, 6) is 5.83. The van der Waals surface area contributed by atoms with E-state index in [0.717, 1.165) is 13.1 Å². The standard InChI is InChI=1S/C18H41N3/c1-6-9-10-11-12-13-14-15-16-17(20-19)18(4,5)21(7-2)8-3/h17,20H,6-16,19H2,1-5H3. The fraction of sp³-hybridized carbons (Fsp3) is 1.00. The summed E-state index contributed by atoms with van der Waals surface area (Å²) in [4.78, 5) is 2.50. The first-order chi connectivity index (χ1) is 10.0.